The summed E-state index contributed by atoms with van der Waals surface area (Å²) >= 11 is 0. The van der Waals surface area contributed by atoms with Gasteiger partial charge in [-0.1, -0.05) is 18.2 Å². The first-order chi connectivity index (χ1) is 13.6. The molecule has 1 N–H and O–H groups in total. The molecule has 1 fully saturated rings. The highest BCUT2D eigenvalue weighted by Crippen LogP contribution is 2.23. The molecule has 0 saturated carbocycles. The van der Waals surface area contributed by atoms with Gasteiger partial charge in [-0.15, -0.1) is 0 Å². The van der Waals surface area contributed by atoms with Crippen LogP contribution in [0.4, 0.5) is 0 Å². The first kappa shape index (κ1) is 18.8. The van der Waals surface area contributed by atoms with E-state index in [2.05, 4.69) is 10.3 Å². The molecular formula is C20H23N5O2S. The molecule has 0 unspecified atom stereocenters. The standard InChI is InChI=1S/C20H23N5O2S/c26-28(27)14-4-12-24(28)13-11-22-15-18-16-25(19-5-2-1-3-6-19)23-20(18)17-7-9-21-10-8-17/h1-3,5-10,16,22H,4,11-15H2. The molecule has 7 nitrogen and oxygen atoms in total. The van der Waals surface area contributed by atoms with Gasteiger partial charge in [0.1, 0.15) is 0 Å². The summed E-state index contributed by atoms with van der Waals surface area (Å²) in [6, 6.07) is 13.9. The molecule has 0 atom stereocenters. The zero-order valence-electron chi connectivity index (χ0n) is 15.5. The third kappa shape index (κ3) is 4.14. The van der Waals surface area contributed by atoms with Crippen LogP contribution in [0.1, 0.15) is 12.0 Å². The van der Waals surface area contributed by atoms with Gasteiger partial charge in [0.2, 0.25) is 10.0 Å². The lowest BCUT2D eigenvalue weighted by Gasteiger charge is -2.14. The van der Waals surface area contributed by atoms with Crippen molar-refractivity contribution in [2.24, 2.45) is 0 Å². The molecule has 1 saturated heterocycles. The van der Waals surface area contributed by atoms with Crippen molar-refractivity contribution in [1.29, 1.82) is 0 Å². The average molecular weight is 398 g/mol. The van der Waals surface area contributed by atoms with Gasteiger partial charge in [-0.05, 0) is 30.7 Å². The van der Waals surface area contributed by atoms with Crippen molar-refractivity contribution in [1.82, 2.24) is 24.4 Å². The second-order valence-electron chi connectivity index (χ2n) is 6.76. The minimum atomic E-state index is -3.05. The molecule has 4 rings (SSSR count). The van der Waals surface area contributed by atoms with Crippen LogP contribution in [0.15, 0.2) is 61.1 Å². The lowest BCUT2D eigenvalue weighted by Crippen LogP contribution is -2.33. The van der Waals surface area contributed by atoms with Gasteiger partial charge in [-0.2, -0.15) is 5.10 Å². The van der Waals surface area contributed by atoms with Crippen molar-refractivity contribution in [3.8, 4) is 16.9 Å². The van der Waals surface area contributed by atoms with Crippen LogP contribution in [0, 0.1) is 0 Å². The van der Waals surface area contributed by atoms with Gasteiger partial charge in [0, 0.05) is 55.9 Å². The fourth-order valence-electron chi connectivity index (χ4n) is 3.37. The van der Waals surface area contributed by atoms with Gasteiger partial charge in [0.25, 0.3) is 0 Å². The summed E-state index contributed by atoms with van der Waals surface area (Å²) < 4.78 is 27.2. The number of sulfonamides is 1. The molecule has 0 aliphatic carbocycles. The molecule has 2 aromatic heterocycles. The van der Waals surface area contributed by atoms with E-state index in [0.717, 1.165) is 28.9 Å². The molecule has 8 heteroatoms. The van der Waals surface area contributed by atoms with E-state index >= 15 is 0 Å². The summed E-state index contributed by atoms with van der Waals surface area (Å²) in [6.07, 6.45) is 6.25. The van der Waals surface area contributed by atoms with Crippen molar-refractivity contribution in [2.75, 3.05) is 25.4 Å². The highest BCUT2D eigenvalue weighted by atomic mass is 32.2. The predicted molar refractivity (Wildman–Crippen MR) is 108 cm³/mol. The van der Waals surface area contributed by atoms with Crippen molar-refractivity contribution in [3.05, 3.63) is 66.6 Å². The normalized spacial score (nSPS) is 16.4. The number of rotatable bonds is 7. The summed E-state index contributed by atoms with van der Waals surface area (Å²) in [5.41, 5.74) is 3.95. The maximum atomic E-state index is 11.9. The number of hydrogen-bond donors (Lipinski definition) is 1. The number of para-hydroxylation sites is 1. The van der Waals surface area contributed by atoms with Crippen molar-refractivity contribution in [3.63, 3.8) is 0 Å². The smallest absolute Gasteiger partial charge is 0.214 e. The number of nitrogens with one attached hydrogen (secondary N) is 1. The molecule has 146 valence electrons. The number of benzene rings is 1. The van der Waals surface area contributed by atoms with E-state index in [4.69, 9.17) is 5.10 Å². The largest absolute Gasteiger partial charge is 0.311 e. The SMILES string of the molecule is O=S1(=O)CCCN1CCNCc1cn(-c2ccccc2)nc1-c1ccncc1. The Morgan fingerprint density at radius 1 is 1.07 bits per heavy atom. The lowest BCUT2D eigenvalue weighted by atomic mass is 10.1. The summed E-state index contributed by atoms with van der Waals surface area (Å²) in [5, 5.41) is 8.14. The monoisotopic (exact) mass is 397 g/mol. The van der Waals surface area contributed by atoms with Crippen LogP contribution in [0.5, 0.6) is 0 Å². The quantitative estimate of drug-likeness (QED) is 0.618. The summed E-state index contributed by atoms with van der Waals surface area (Å²) in [6.45, 7) is 2.34. The van der Waals surface area contributed by atoms with Crippen LogP contribution in [0.2, 0.25) is 0 Å². The Labute approximate surface area is 165 Å². The molecule has 0 bridgehead atoms. The maximum absolute atomic E-state index is 11.9. The van der Waals surface area contributed by atoms with E-state index in [1.165, 1.54) is 0 Å². The fourth-order valence-corrected chi connectivity index (χ4v) is 4.90. The van der Waals surface area contributed by atoms with E-state index in [0.29, 0.717) is 26.2 Å². The molecule has 0 radical (unpaired) electrons. The highest BCUT2D eigenvalue weighted by molar-refractivity contribution is 7.89. The minimum absolute atomic E-state index is 0.267. The third-order valence-electron chi connectivity index (χ3n) is 4.82. The highest BCUT2D eigenvalue weighted by Gasteiger charge is 2.27. The van der Waals surface area contributed by atoms with E-state index in [9.17, 15) is 8.42 Å². The Morgan fingerprint density at radius 2 is 1.86 bits per heavy atom. The molecule has 3 aromatic rings. The summed E-state index contributed by atoms with van der Waals surface area (Å²) in [7, 11) is -3.05. The van der Waals surface area contributed by atoms with Gasteiger partial charge >= 0.3 is 0 Å². The zero-order chi connectivity index (χ0) is 19.4. The van der Waals surface area contributed by atoms with Crippen LogP contribution in [0.3, 0.4) is 0 Å². The second-order valence-corrected chi connectivity index (χ2v) is 8.85. The van der Waals surface area contributed by atoms with Crippen LogP contribution >= 0.6 is 0 Å². The van der Waals surface area contributed by atoms with Crippen LogP contribution in [-0.2, 0) is 16.6 Å². The zero-order valence-corrected chi connectivity index (χ0v) is 16.3. The minimum Gasteiger partial charge on any atom is -0.311 e. The molecule has 1 aliphatic rings. The van der Waals surface area contributed by atoms with Crippen LogP contribution in [-0.4, -0.2) is 52.9 Å². The Bertz CT molecular complexity index is 1020. The van der Waals surface area contributed by atoms with Gasteiger partial charge in [-0.25, -0.2) is 17.4 Å². The van der Waals surface area contributed by atoms with Crippen molar-refractivity contribution in [2.45, 2.75) is 13.0 Å². The van der Waals surface area contributed by atoms with Crippen molar-refractivity contribution < 1.29 is 8.42 Å². The van der Waals surface area contributed by atoms with E-state index in [1.807, 2.05) is 53.3 Å². The van der Waals surface area contributed by atoms with Gasteiger partial charge in [0.05, 0.1) is 17.1 Å². The Kier molecular flexibility index (Phi) is 5.52. The van der Waals surface area contributed by atoms with Gasteiger partial charge < -0.3 is 5.32 Å². The lowest BCUT2D eigenvalue weighted by molar-refractivity contribution is 0.434. The maximum Gasteiger partial charge on any atom is 0.214 e. The molecular weight excluding hydrogens is 374 g/mol. The van der Waals surface area contributed by atoms with Gasteiger partial charge in [0.15, 0.2) is 0 Å². The van der Waals surface area contributed by atoms with Crippen LogP contribution < -0.4 is 5.32 Å². The van der Waals surface area contributed by atoms with Crippen molar-refractivity contribution >= 4 is 10.0 Å². The number of hydrogen-bond acceptors (Lipinski definition) is 5. The predicted octanol–water partition coefficient (Wildman–Crippen LogP) is 2.06. The third-order valence-corrected chi connectivity index (χ3v) is 6.78. The Balaban J connectivity index is 1.50. The molecule has 28 heavy (non-hydrogen) atoms. The number of aromatic nitrogens is 3. The number of pyridine rings is 1. The molecule has 0 amide bonds. The Hall–Kier alpha value is -2.55. The van der Waals surface area contributed by atoms with E-state index in [-0.39, 0.29) is 5.75 Å². The van der Waals surface area contributed by atoms with Gasteiger partial charge in [-0.3, -0.25) is 4.98 Å². The Morgan fingerprint density at radius 3 is 2.57 bits per heavy atom. The second kappa shape index (κ2) is 8.22. The molecule has 1 aromatic carbocycles. The first-order valence-corrected chi connectivity index (χ1v) is 11.0. The molecule has 3 heterocycles. The van der Waals surface area contributed by atoms with E-state index < -0.39 is 10.0 Å². The summed E-state index contributed by atoms with van der Waals surface area (Å²) in [4.78, 5) is 4.09. The fraction of sp³-hybridized carbons (Fsp3) is 0.300. The topological polar surface area (TPSA) is 80.1 Å². The van der Waals surface area contributed by atoms with Crippen LogP contribution in [0.25, 0.3) is 16.9 Å². The summed E-state index contributed by atoms with van der Waals surface area (Å²) in [5.74, 6) is 0.267. The van der Waals surface area contributed by atoms with E-state index in [1.54, 1.807) is 16.7 Å². The first-order valence-electron chi connectivity index (χ1n) is 9.36. The molecule has 1 aliphatic heterocycles. The average Bonchev–Trinajstić information content (AvgIpc) is 3.29. The molecule has 0 spiro atoms. The number of nitrogens with zero attached hydrogens (tertiary/aromatic N) is 4.